The fourth-order valence-electron chi connectivity index (χ4n) is 2.32. The molecule has 1 fully saturated rings. The Balaban J connectivity index is 0.00000208. The van der Waals surface area contributed by atoms with Crippen LogP contribution in [-0.4, -0.2) is 119 Å². The average molecular weight is 409 g/mol. The van der Waals surface area contributed by atoms with E-state index in [1.165, 1.54) is 17.2 Å². The van der Waals surface area contributed by atoms with Crippen molar-refractivity contribution in [3.8, 4) is 0 Å². The molecule has 4 atom stereocenters. The van der Waals surface area contributed by atoms with Crippen LogP contribution in [0.4, 0.5) is 5.82 Å². The van der Waals surface area contributed by atoms with Crippen LogP contribution in [0.5, 0.6) is 0 Å². The number of phosphoric acid groups is 1. The van der Waals surface area contributed by atoms with Crippen molar-refractivity contribution in [1.82, 2.24) is 19.5 Å². The largest absolute Gasteiger partial charge is 0.790 e. The molecule has 2 aromatic heterocycles. The summed E-state index contributed by atoms with van der Waals surface area (Å²) >= 11 is 0. The van der Waals surface area contributed by atoms with Gasteiger partial charge in [0, 0.05) is 59.1 Å². The predicted molar refractivity (Wildman–Crippen MR) is 84.3 cm³/mol. The maximum Gasteiger partial charge on any atom is 0.167 e. The zero-order valence-electron chi connectivity index (χ0n) is 13.9. The van der Waals surface area contributed by atoms with Gasteiger partial charge in [0.2, 0.25) is 0 Å². The number of imidazole rings is 1. The fraction of sp³-hybridized carbons (Fsp3) is 0.500. The number of aromatic nitrogens is 4. The maximum atomic E-state index is 10.5. The Morgan fingerprint density at radius 3 is 2.54 bits per heavy atom. The van der Waals surface area contributed by atoms with Crippen molar-refractivity contribution in [2.75, 3.05) is 12.3 Å². The van der Waals surface area contributed by atoms with E-state index in [-0.39, 0.29) is 81.6 Å². The molecule has 2 radical (unpaired) electrons. The normalized spacial score (nSPS) is 25.2. The van der Waals surface area contributed by atoms with E-state index in [0.717, 1.165) is 0 Å². The van der Waals surface area contributed by atoms with Gasteiger partial charge in [-0.1, -0.05) is 0 Å². The molecule has 136 valence electrons. The Bertz CT molecular complexity index is 775. The number of aliphatic hydroxyl groups excluding tert-OH is 2. The van der Waals surface area contributed by atoms with Crippen LogP contribution in [0.1, 0.15) is 6.23 Å². The number of anilines is 1. The molecule has 0 spiro atoms. The number of rotatable bonds is 4. The number of nitrogens with two attached hydrogens (primary N) is 1. The van der Waals surface area contributed by atoms with Crippen molar-refractivity contribution in [2.24, 2.45) is 0 Å². The van der Waals surface area contributed by atoms with Gasteiger partial charge in [-0.2, -0.15) is 0 Å². The van der Waals surface area contributed by atoms with Gasteiger partial charge in [0.15, 0.2) is 17.7 Å². The molecule has 0 aliphatic carbocycles. The van der Waals surface area contributed by atoms with Crippen molar-refractivity contribution < 1.29 is 39.3 Å². The molecular formula is C10H14N5Na2O8P-2. The smallest absolute Gasteiger partial charge is 0.167 e. The zero-order chi connectivity index (χ0) is 16.8. The van der Waals surface area contributed by atoms with E-state index in [0.29, 0.717) is 0 Å². The first-order valence-corrected chi connectivity index (χ1v) is 7.85. The summed E-state index contributed by atoms with van der Waals surface area (Å²) in [6.45, 7) is -0.719. The molecule has 1 aliphatic rings. The Kier molecular flexibility index (Phi) is 10.3. The van der Waals surface area contributed by atoms with Crippen LogP contribution < -0.4 is 15.5 Å². The molecule has 1 saturated heterocycles. The monoisotopic (exact) mass is 409 g/mol. The van der Waals surface area contributed by atoms with Crippen LogP contribution in [0.25, 0.3) is 11.2 Å². The molecule has 1 aliphatic heterocycles. The van der Waals surface area contributed by atoms with E-state index < -0.39 is 39.0 Å². The molecule has 13 nitrogen and oxygen atoms in total. The SMILES string of the molecule is Nc1ncnc2c1ncn2[C@@H]1O[C@H](COP(=O)([O-])[O-])[C@@H](O)[C@H]1O.O.[Na].[Na]. The third-order valence-corrected chi connectivity index (χ3v) is 3.86. The Hall–Kier alpha value is 0.300. The van der Waals surface area contributed by atoms with E-state index in [1.54, 1.807) is 0 Å². The molecule has 0 bridgehead atoms. The quantitative estimate of drug-likeness (QED) is 0.321. The van der Waals surface area contributed by atoms with Gasteiger partial charge in [-0.3, -0.25) is 4.57 Å². The molecule has 0 amide bonds. The molecule has 16 heteroatoms. The first-order valence-electron chi connectivity index (χ1n) is 6.39. The number of hydrogen-bond acceptors (Lipinski definition) is 11. The number of phosphoric ester groups is 1. The third kappa shape index (κ3) is 5.43. The Morgan fingerprint density at radius 1 is 1.27 bits per heavy atom. The summed E-state index contributed by atoms with van der Waals surface area (Å²) in [5.74, 6) is 0.125. The van der Waals surface area contributed by atoms with Crippen molar-refractivity contribution in [3.63, 3.8) is 0 Å². The van der Waals surface area contributed by atoms with Gasteiger partial charge >= 0.3 is 0 Å². The molecular weight excluding hydrogens is 395 g/mol. The molecule has 0 aromatic carbocycles. The minimum atomic E-state index is -5.22. The Labute approximate surface area is 191 Å². The van der Waals surface area contributed by atoms with Crippen LogP contribution in [0.2, 0.25) is 0 Å². The number of fused-ring (bicyclic) bond motifs is 1. The van der Waals surface area contributed by atoms with Gasteiger partial charge in [0.25, 0.3) is 0 Å². The van der Waals surface area contributed by atoms with Crippen molar-refractivity contribution in [2.45, 2.75) is 24.5 Å². The van der Waals surface area contributed by atoms with Gasteiger partial charge in [-0.25, -0.2) is 15.0 Å². The van der Waals surface area contributed by atoms with Crippen molar-refractivity contribution >= 4 is 83.9 Å². The molecule has 3 rings (SSSR count). The van der Waals surface area contributed by atoms with E-state index in [2.05, 4.69) is 19.5 Å². The van der Waals surface area contributed by atoms with E-state index in [1.807, 2.05) is 0 Å². The predicted octanol–water partition coefficient (Wildman–Crippen LogP) is -4.71. The molecule has 26 heavy (non-hydrogen) atoms. The van der Waals surface area contributed by atoms with Crippen LogP contribution in [0.15, 0.2) is 12.7 Å². The number of nitrogens with zero attached hydrogens (tertiary/aromatic N) is 4. The molecule has 3 heterocycles. The van der Waals surface area contributed by atoms with Crippen LogP contribution >= 0.6 is 7.82 Å². The number of nitrogen functional groups attached to an aromatic ring is 1. The summed E-state index contributed by atoms with van der Waals surface area (Å²) < 4.78 is 21.3. The van der Waals surface area contributed by atoms with E-state index >= 15 is 0 Å². The summed E-state index contributed by atoms with van der Waals surface area (Å²) in [4.78, 5) is 32.8. The van der Waals surface area contributed by atoms with Crippen molar-refractivity contribution in [3.05, 3.63) is 12.7 Å². The maximum absolute atomic E-state index is 10.5. The second-order valence-electron chi connectivity index (χ2n) is 4.87. The first kappa shape index (κ1) is 26.3. The summed E-state index contributed by atoms with van der Waals surface area (Å²) in [5.41, 5.74) is 6.19. The van der Waals surface area contributed by atoms with Gasteiger partial charge in [0.1, 0.15) is 30.2 Å². The molecule has 2 aromatic rings. The summed E-state index contributed by atoms with van der Waals surface area (Å²) in [6.07, 6.45) is -2.75. The van der Waals surface area contributed by atoms with Gasteiger partial charge < -0.3 is 45.0 Å². The van der Waals surface area contributed by atoms with E-state index in [9.17, 15) is 24.6 Å². The molecule has 6 N–H and O–H groups in total. The van der Waals surface area contributed by atoms with Crippen LogP contribution in [0.3, 0.4) is 0 Å². The number of aliphatic hydroxyl groups is 2. The van der Waals surface area contributed by atoms with Gasteiger partial charge in [-0.05, 0) is 0 Å². The van der Waals surface area contributed by atoms with Crippen molar-refractivity contribution in [1.29, 1.82) is 0 Å². The Morgan fingerprint density at radius 2 is 1.92 bits per heavy atom. The summed E-state index contributed by atoms with van der Waals surface area (Å²) in [5, 5.41) is 20.0. The average Bonchev–Trinajstić information content (AvgIpc) is 3.01. The fourth-order valence-corrected chi connectivity index (χ4v) is 2.65. The molecule has 0 unspecified atom stereocenters. The standard InChI is InChI=1S/C10H14N5O7P.2Na.H2O/c11-8-5-9(13-2-12-8)15(3-14-5)10-7(17)6(16)4(22-10)1-21-23(18,19)20;;;/h2-4,6-7,10,16-17H,1H2,(H2,11,12,13)(H2,18,19,20);;;1H2/p-2/t4-,6-,7-,10-;;;/m1.../s1. The third-order valence-electron chi connectivity index (χ3n) is 3.40. The topological polar surface area (TPSA) is 223 Å². The minimum Gasteiger partial charge on any atom is -0.790 e. The minimum absolute atomic E-state index is 0. The van der Waals surface area contributed by atoms with Crippen LogP contribution in [-0.2, 0) is 13.8 Å². The van der Waals surface area contributed by atoms with Gasteiger partial charge in [-0.15, -0.1) is 0 Å². The van der Waals surface area contributed by atoms with E-state index in [4.69, 9.17) is 10.5 Å². The number of ether oxygens (including phenoxy) is 1. The van der Waals surface area contributed by atoms with Gasteiger partial charge in [0.05, 0.1) is 20.8 Å². The first-order chi connectivity index (χ1) is 10.8. The van der Waals surface area contributed by atoms with Crippen LogP contribution in [0, 0.1) is 0 Å². The summed E-state index contributed by atoms with van der Waals surface area (Å²) in [7, 11) is -5.22. The second kappa shape index (κ2) is 10.2. The second-order valence-corrected chi connectivity index (χ2v) is 6.02. The zero-order valence-corrected chi connectivity index (χ0v) is 18.8. The summed E-state index contributed by atoms with van der Waals surface area (Å²) in [6, 6.07) is 0. The molecule has 0 saturated carbocycles. The number of hydrogen-bond donors (Lipinski definition) is 3.